The van der Waals surface area contributed by atoms with E-state index in [0.717, 1.165) is 24.9 Å². The average molecular weight is 362 g/mol. The van der Waals surface area contributed by atoms with Gasteiger partial charge in [0, 0.05) is 17.4 Å². The molecule has 2 heterocycles. The van der Waals surface area contributed by atoms with Crippen LogP contribution in [-0.4, -0.2) is 17.0 Å². The van der Waals surface area contributed by atoms with E-state index in [0.29, 0.717) is 15.7 Å². The SMILES string of the molecule is Nc1ccc2c(c1)CC1CCC2N1C(=O)Nc1ccc(Cl)c(Cl)c1. The Labute approximate surface area is 150 Å². The summed E-state index contributed by atoms with van der Waals surface area (Å²) in [6.45, 7) is 0. The van der Waals surface area contributed by atoms with Gasteiger partial charge < -0.3 is 16.0 Å². The number of nitrogen functional groups attached to an aromatic ring is 1. The van der Waals surface area contributed by atoms with E-state index in [9.17, 15) is 4.79 Å². The minimum Gasteiger partial charge on any atom is -0.399 e. The smallest absolute Gasteiger partial charge is 0.322 e. The lowest BCUT2D eigenvalue weighted by Gasteiger charge is -2.36. The molecule has 2 aromatic rings. The minimum atomic E-state index is -0.0941. The number of nitrogens with zero attached hydrogens (tertiary/aromatic N) is 1. The zero-order valence-electron chi connectivity index (χ0n) is 12.9. The van der Waals surface area contributed by atoms with Crippen LogP contribution in [-0.2, 0) is 6.42 Å². The summed E-state index contributed by atoms with van der Waals surface area (Å²) in [6, 6.07) is 11.3. The first kappa shape index (κ1) is 15.6. The number of hydrogen-bond donors (Lipinski definition) is 2. The molecule has 124 valence electrons. The highest BCUT2D eigenvalue weighted by Crippen LogP contribution is 2.44. The minimum absolute atomic E-state index is 0.0941. The Hall–Kier alpha value is -1.91. The number of rotatable bonds is 1. The van der Waals surface area contributed by atoms with Crippen molar-refractivity contribution in [2.24, 2.45) is 0 Å². The quantitative estimate of drug-likeness (QED) is 0.711. The standard InChI is InChI=1S/C18H17Cl2N3O/c19-15-5-2-12(9-16(15)20)22-18(24)23-13-3-6-17(23)14-4-1-11(21)7-10(14)8-13/h1-2,4-5,7,9,13,17H,3,6,8,21H2,(H,22,24). The van der Waals surface area contributed by atoms with Crippen LogP contribution in [0.1, 0.15) is 30.0 Å². The molecule has 2 amide bonds. The van der Waals surface area contributed by atoms with E-state index in [4.69, 9.17) is 28.9 Å². The van der Waals surface area contributed by atoms with Crippen LogP contribution >= 0.6 is 23.2 Å². The summed E-state index contributed by atoms with van der Waals surface area (Å²) < 4.78 is 0. The number of carbonyl (C=O) groups excluding carboxylic acids is 1. The summed E-state index contributed by atoms with van der Waals surface area (Å²) in [7, 11) is 0. The van der Waals surface area contributed by atoms with Crippen molar-refractivity contribution in [1.29, 1.82) is 0 Å². The van der Waals surface area contributed by atoms with Crippen LogP contribution in [0.25, 0.3) is 0 Å². The van der Waals surface area contributed by atoms with Gasteiger partial charge in [0.1, 0.15) is 0 Å². The number of halogens is 2. The first-order valence-corrected chi connectivity index (χ1v) is 8.71. The molecule has 0 aromatic heterocycles. The monoisotopic (exact) mass is 361 g/mol. The molecule has 0 saturated carbocycles. The van der Waals surface area contributed by atoms with Gasteiger partial charge in [-0.2, -0.15) is 0 Å². The molecule has 3 N–H and O–H groups in total. The van der Waals surface area contributed by atoms with Crippen molar-refractivity contribution >= 4 is 40.6 Å². The second-order valence-electron chi connectivity index (χ2n) is 6.38. The topological polar surface area (TPSA) is 58.4 Å². The molecule has 4 nitrogen and oxygen atoms in total. The average Bonchev–Trinajstić information content (AvgIpc) is 2.86. The van der Waals surface area contributed by atoms with Gasteiger partial charge in [0.05, 0.1) is 16.1 Å². The molecule has 2 unspecified atom stereocenters. The number of anilines is 2. The molecule has 4 rings (SSSR count). The number of hydrogen-bond acceptors (Lipinski definition) is 2. The molecule has 1 fully saturated rings. The van der Waals surface area contributed by atoms with Crippen molar-refractivity contribution in [2.75, 3.05) is 11.1 Å². The normalized spacial score (nSPS) is 21.5. The van der Waals surface area contributed by atoms with Gasteiger partial charge in [-0.3, -0.25) is 0 Å². The lowest BCUT2D eigenvalue weighted by molar-refractivity contribution is 0.179. The highest BCUT2D eigenvalue weighted by molar-refractivity contribution is 6.42. The Kier molecular flexibility index (Phi) is 3.82. The first-order chi connectivity index (χ1) is 11.5. The predicted molar refractivity (Wildman–Crippen MR) is 97.6 cm³/mol. The Morgan fingerprint density at radius 2 is 1.96 bits per heavy atom. The van der Waals surface area contributed by atoms with E-state index in [-0.39, 0.29) is 18.1 Å². The number of urea groups is 1. The molecule has 24 heavy (non-hydrogen) atoms. The summed E-state index contributed by atoms with van der Waals surface area (Å²) in [5.41, 5.74) is 9.80. The third-order valence-electron chi connectivity index (χ3n) is 4.89. The zero-order chi connectivity index (χ0) is 16.8. The van der Waals surface area contributed by atoms with Crippen LogP contribution in [0.3, 0.4) is 0 Å². The fourth-order valence-electron chi connectivity index (χ4n) is 3.84. The van der Waals surface area contributed by atoms with Crippen LogP contribution in [0.5, 0.6) is 0 Å². The van der Waals surface area contributed by atoms with Gasteiger partial charge in [-0.25, -0.2) is 4.79 Å². The van der Waals surface area contributed by atoms with Crippen molar-refractivity contribution in [3.63, 3.8) is 0 Å². The molecular weight excluding hydrogens is 345 g/mol. The number of nitrogens with one attached hydrogen (secondary N) is 1. The predicted octanol–water partition coefficient (Wildman–Crippen LogP) is 4.87. The van der Waals surface area contributed by atoms with Gasteiger partial charge >= 0.3 is 6.03 Å². The molecule has 0 spiro atoms. The molecule has 2 aromatic carbocycles. The van der Waals surface area contributed by atoms with E-state index in [1.807, 2.05) is 17.0 Å². The molecule has 2 atom stereocenters. The summed E-state index contributed by atoms with van der Waals surface area (Å²) in [5, 5.41) is 3.84. The van der Waals surface area contributed by atoms with E-state index in [1.165, 1.54) is 11.1 Å². The summed E-state index contributed by atoms with van der Waals surface area (Å²) in [6.07, 6.45) is 2.84. The van der Waals surface area contributed by atoms with Crippen molar-refractivity contribution in [1.82, 2.24) is 4.90 Å². The Bertz CT molecular complexity index is 824. The number of benzene rings is 2. The Balaban J connectivity index is 1.59. The lowest BCUT2D eigenvalue weighted by atomic mass is 9.93. The van der Waals surface area contributed by atoms with Crippen molar-refractivity contribution in [3.8, 4) is 0 Å². The van der Waals surface area contributed by atoms with Crippen LogP contribution in [0, 0.1) is 0 Å². The van der Waals surface area contributed by atoms with Crippen LogP contribution < -0.4 is 11.1 Å². The van der Waals surface area contributed by atoms with E-state index in [2.05, 4.69) is 11.4 Å². The van der Waals surface area contributed by atoms with Gasteiger partial charge in [-0.1, -0.05) is 29.3 Å². The van der Waals surface area contributed by atoms with Gasteiger partial charge in [0.2, 0.25) is 0 Å². The van der Waals surface area contributed by atoms with E-state index < -0.39 is 0 Å². The van der Waals surface area contributed by atoms with Gasteiger partial charge in [0.15, 0.2) is 0 Å². The molecule has 0 radical (unpaired) electrons. The molecule has 0 aliphatic carbocycles. The second-order valence-corrected chi connectivity index (χ2v) is 7.19. The molecular formula is C18H17Cl2N3O. The highest BCUT2D eigenvalue weighted by Gasteiger charge is 2.42. The maximum absolute atomic E-state index is 12.8. The van der Waals surface area contributed by atoms with Crippen molar-refractivity contribution in [2.45, 2.75) is 31.3 Å². The molecule has 6 heteroatoms. The number of carbonyl (C=O) groups is 1. The molecule has 2 aliphatic rings. The third-order valence-corrected chi connectivity index (χ3v) is 5.63. The molecule has 2 bridgehead atoms. The maximum atomic E-state index is 12.8. The summed E-state index contributed by atoms with van der Waals surface area (Å²) >= 11 is 12.0. The lowest BCUT2D eigenvalue weighted by Crippen LogP contribution is -2.44. The first-order valence-electron chi connectivity index (χ1n) is 7.95. The van der Waals surface area contributed by atoms with Crippen molar-refractivity contribution < 1.29 is 4.79 Å². The number of amides is 2. The van der Waals surface area contributed by atoms with Crippen LogP contribution in [0.15, 0.2) is 36.4 Å². The Morgan fingerprint density at radius 1 is 1.12 bits per heavy atom. The van der Waals surface area contributed by atoms with E-state index in [1.54, 1.807) is 18.2 Å². The fraction of sp³-hybridized carbons (Fsp3) is 0.278. The van der Waals surface area contributed by atoms with Gasteiger partial charge in [0.25, 0.3) is 0 Å². The highest BCUT2D eigenvalue weighted by atomic mass is 35.5. The van der Waals surface area contributed by atoms with Crippen molar-refractivity contribution in [3.05, 3.63) is 57.6 Å². The fourth-order valence-corrected chi connectivity index (χ4v) is 4.14. The van der Waals surface area contributed by atoms with E-state index >= 15 is 0 Å². The van der Waals surface area contributed by atoms with Crippen LogP contribution in [0.4, 0.5) is 16.2 Å². The molecule has 2 aliphatic heterocycles. The largest absolute Gasteiger partial charge is 0.399 e. The van der Waals surface area contributed by atoms with Crippen LogP contribution in [0.2, 0.25) is 10.0 Å². The van der Waals surface area contributed by atoms with Gasteiger partial charge in [-0.15, -0.1) is 0 Å². The third kappa shape index (κ3) is 2.60. The zero-order valence-corrected chi connectivity index (χ0v) is 14.4. The summed E-state index contributed by atoms with van der Waals surface area (Å²) in [5.74, 6) is 0. The number of nitrogens with two attached hydrogens (primary N) is 1. The summed E-state index contributed by atoms with van der Waals surface area (Å²) in [4.78, 5) is 14.8. The Morgan fingerprint density at radius 3 is 2.75 bits per heavy atom. The molecule has 1 saturated heterocycles. The second kappa shape index (κ2) is 5.87. The number of fused-ring (bicyclic) bond motifs is 4. The van der Waals surface area contributed by atoms with Gasteiger partial charge in [-0.05, 0) is 60.7 Å². The maximum Gasteiger partial charge on any atom is 0.322 e.